The molecule has 0 spiro atoms. The lowest BCUT2D eigenvalue weighted by Gasteiger charge is -2.13. The van der Waals surface area contributed by atoms with Crippen LogP contribution in [-0.4, -0.2) is 29.9 Å². The van der Waals surface area contributed by atoms with Crippen LogP contribution in [0.1, 0.15) is 6.42 Å². The number of nitrogens with zero attached hydrogens (tertiary/aromatic N) is 2. The SMILES string of the molecule is COC(=O)C(CCSN=O)Nc1nc2cc(F)ccc2o1. The zero-order valence-corrected chi connectivity index (χ0v) is 11.9. The van der Waals surface area contributed by atoms with Gasteiger partial charge in [0.15, 0.2) is 5.58 Å². The Labute approximate surface area is 123 Å². The van der Waals surface area contributed by atoms with Gasteiger partial charge in [-0.15, -0.1) is 4.91 Å². The first-order valence-electron chi connectivity index (χ1n) is 5.99. The van der Waals surface area contributed by atoms with E-state index in [1.807, 2.05) is 0 Å². The van der Waals surface area contributed by atoms with Crippen molar-refractivity contribution in [2.75, 3.05) is 18.2 Å². The number of carbonyl (C=O) groups is 1. The molecule has 9 heteroatoms. The first-order valence-corrected chi connectivity index (χ1v) is 6.93. The number of rotatable bonds is 7. The number of esters is 1. The smallest absolute Gasteiger partial charge is 0.328 e. The molecular weight excluding hydrogens is 301 g/mol. The normalized spacial score (nSPS) is 12.1. The second kappa shape index (κ2) is 7.02. The van der Waals surface area contributed by atoms with Crippen molar-refractivity contribution in [1.82, 2.24) is 4.98 Å². The number of carbonyl (C=O) groups excluding carboxylic acids is 1. The third kappa shape index (κ3) is 3.91. The van der Waals surface area contributed by atoms with Gasteiger partial charge in [-0.25, -0.2) is 9.18 Å². The van der Waals surface area contributed by atoms with Crippen molar-refractivity contribution in [2.24, 2.45) is 4.58 Å². The predicted octanol–water partition coefficient (Wildman–Crippen LogP) is 2.73. The number of nitrogens with one attached hydrogen (secondary N) is 1. The molecule has 7 nitrogen and oxygen atoms in total. The Kier molecular flexibility index (Phi) is 5.09. The number of halogens is 1. The van der Waals surface area contributed by atoms with E-state index in [4.69, 9.17) is 4.42 Å². The lowest BCUT2D eigenvalue weighted by Crippen LogP contribution is -2.31. The number of nitroso groups, excluding NO2 is 1. The standard InChI is InChI=1S/C12H12FN3O4S/c1-19-11(17)8(4-5-21-16-18)14-12-15-9-6-7(13)2-3-10(9)20-12/h2-3,6,8H,4-5H2,1H3,(H,14,15). The maximum absolute atomic E-state index is 13.1. The maximum Gasteiger partial charge on any atom is 0.328 e. The second-order valence-electron chi connectivity index (χ2n) is 4.05. The summed E-state index contributed by atoms with van der Waals surface area (Å²) in [6.07, 6.45) is 0.302. The van der Waals surface area contributed by atoms with E-state index in [2.05, 4.69) is 19.6 Å². The van der Waals surface area contributed by atoms with Gasteiger partial charge < -0.3 is 14.5 Å². The summed E-state index contributed by atoms with van der Waals surface area (Å²) in [5.74, 6) is -0.610. The fraction of sp³-hybridized carbons (Fsp3) is 0.333. The molecule has 1 unspecified atom stereocenters. The van der Waals surface area contributed by atoms with Crippen molar-refractivity contribution in [3.63, 3.8) is 0 Å². The number of hydrogen-bond acceptors (Lipinski definition) is 8. The summed E-state index contributed by atoms with van der Waals surface area (Å²) in [6, 6.07) is 3.27. The zero-order valence-electron chi connectivity index (χ0n) is 11.0. The van der Waals surface area contributed by atoms with E-state index in [0.29, 0.717) is 23.3 Å². The molecule has 1 heterocycles. The highest BCUT2D eigenvalue weighted by Crippen LogP contribution is 2.21. The van der Waals surface area contributed by atoms with Gasteiger partial charge in [0.05, 0.1) is 7.11 Å². The first kappa shape index (κ1) is 15.2. The molecule has 21 heavy (non-hydrogen) atoms. The molecule has 1 aromatic carbocycles. The van der Waals surface area contributed by atoms with E-state index in [0.717, 1.165) is 11.9 Å². The third-order valence-corrected chi connectivity index (χ3v) is 3.21. The van der Waals surface area contributed by atoms with Crippen LogP contribution in [0.15, 0.2) is 27.2 Å². The number of aromatic nitrogens is 1. The number of fused-ring (bicyclic) bond motifs is 1. The van der Waals surface area contributed by atoms with E-state index >= 15 is 0 Å². The van der Waals surface area contributed by atoms with Crippen LogP contribution in [0, 0.1) is 10.7 Å². The molecular formula is C12H12FN3O4S. The molecule has 112 valence electrons. The molecule has 0 fully saturated rings. The largest absolute Gasteiger partial charge is 0.467 e. The molecule has 0 radical (unpaired) electrons. The van der Waals surface area contributed by atoms with E-state index in [1.165, 1.54) is 25.3 Å². The third-order valence-electron chi connectivity index (χ3n) is 2.68. The topological polar surface area (TPSA) is 93.8 Å². The Morgan fingerprint density at radius 2 is 2.43 bits per heavy atom. The minimum Gasteiger partial charge on any atom is -0.467 e. The summed E-state index contributed by atoms with van der Waals surface area (Å²) >= 11 is 0.803. The lowest BCUT2D eigenvalue weighted by molar-refractivity contribution is -0.141. The number of ether oxygens (including phenoxy) is 1. The van der Waals surface area contributed by atoms with E-state index in [-0.39, 0.29) is 6.01 Å². The fourth-order valence-electron chi connectivity index (χ4n) is 1.71. The van der Waals surface area contributed by atoms with Crippen LogP contribution in [-0.2, 0) is 9.53 Å². The van der Waals surface area contributed by atoms with Gasteiger partial charge in [-0.2, -0.15) is 4.98 Å². The molecule has 0 amide bonds. The van der Waals surface area contributed by atoms with Gasteiger partial charge in [-0.1, -0.05) is 0 Å². The molecule has 1 N–H and O–H groups in total. The highest BCUT2D eigenvalue weighted by Gasteiger charge is 2.21. The van der Waals surface area contributed by atoms with Gasteiger partial charge in [-0.3, -0.25) is 0 Å². The summed E-state index contributed by atoms with van der Waals surface area (Å²) in [4.78, 5) is 25.7. The number of hydrogen-bond donors (Lipinski definition) is 1. The molecule has 0 saturated heterocycles. The summed E-state index contributed by atoms with van der Waals surface area (Å²) < 4.78 is 25.8. The molecule has 2 rings (SSSR count). The minimum absolute atomic E-state index is 0.0788. The van der Waals surface area contributed by atoms with Gasteiger partial charge in [0, 0.05) is 28.3 Å². The average molecular weight is 313 g/mol. The highest BCUT2D eigenvalue weighted by atomic mass is 32.2. The molecule has 2 aromatic rings. The van der Waals surface area contributed by atoms with Crippen LogP contribution in [0.3, 0.4) is 0 Å². The molecule has 0 aliphatic rings. The van der Waals surface area contributed by atoms with E-state index in [9.17, 15) is 14.1 Å². The van der Waals surface area contributed by atoms with Crippen LogP contribution < -0.4 is 5.32 Å². The van der Waals surface area contributed by atoms with Gasteiger partial charge in [0.2, 0.25) is 0 Å². The zero-order chi connectivity index (χ0) is 15.2. The Balaban J connectivity index is 2.13. The molecule has 1 atom stereocenters. The van der Waals surface area contributed by atoms with E-state index in [1.54, 1.807) is 0 Å². The molecule has 1 aromatic heterocycles. The van der Waals surface area contributed by atoms with Crippen molar-refractivity contribution in [1.29, 1.82) is 0 Å². The Morgan fingerprint density at radius 1 is 1.62 bits per heavy atom. The summed E-state index contributed by atoms with van der Waals surface area (Å²) in [6.45, 7) is 0. The molecule has 0 aliphatic carbocycles. The lowest BCUT2D eigenvalue weighted by atomic mass is 10.2. The van der Waals surface area contributed by atoms with E-state index < -0.39 is 17.8 Å². The van der Waals surface area contributed by atoms with Crippen molar-refractivity contribution in [3.05, 3.63) is 28.9 Å². The number of anilines is 1. The second-order valence-corrected chi connectivity index (χ2v) is 4.86. The first-order chi connectivity index (χ1) is 10.1. The molecule has 0 bridgehead atoms. The van der Waals surface area contributed by atoms with Gasteiger partial charge in [-0.05, 0) is 18.6 Å². The Hall–Kier alpha value is -2.16. The molecule has 0 aliphatic heterocycles. The quantitative estimate of drug-likeness (QED) is 0.363. The Bertz CT molecular complexity index is 648. The Morgan fingerprint density at radius 3 is 3.14 bits per heavy atom. The maximum atomic E-state index is 13.1. The molecule has 0 saturated carbocycles. The minimum atomic E-state index is -0.734. The van der Waals surface area contributed by atoms with Crippen LogP contribution in [0.2, 0.25) is 0 Å². The fourth-order valence-corrected chi connectivity index (χ4v) is 2.13. The van der Waals surface area contributed by atoms with Crippen LogP contribution in [0.5, 0.6) is 0 Å². The predicted molar refractivity (Wildman–Crippen MR) is 76.3 cm³/mol. The van der Waals surface area contributed by atoms with Gasteiger partial charge >= 0.3 is 5.97 Å². The number of oxazole rings is 1. The number of benzene rings is 1. The average Bonchev–Trinajstić information content (AvgIpc) is 2.87. The summed E-state index contributed by atoms with van der Waals surface area (Å²) in [7, 11) is 1.25. The summed E-state index contributed by atoms with van der Waals surface area (Å²) in [5, 5.41) is 2.77. The van der Waals surface area contributed by atoms with Crippen molar-refractivity contribution < 1.29 is 18.3 Å². The summed E-state index contributed by atoms with van der Waals surface area (Å²) in [5.41, 5.74) is 0.733. The van der Waals surface area contributed by atoms with Crippen LogP contribution in [0.25, 0.3) is 11.1 Å². The van der Waals surface area contributed by atoms with Crippen molar-refractivity contribution >= 4 is 35.0 Å². The monoisotopic (exact) mass is 313 g/mol. The van der Waals surface area contributed by atoms with Crippen LogP contribution >= 0.6 is 11.9 Å². The van der Waals surface area contributed by atoms with Crippen LogP contribution in [0.4, 0.5) is 10.4 Å². The number of methoxy groups -OCH3 is 1. The van der Waals surface area contributed by atoms with Crippen molar-refractivity contribution in [3.8, 4) is 0 Å². The van der Waals surface area contributed by atoms with Gasteiger partial charge in [0.1, 0.15) is 17.4 Å². The van der Waals surface area contributed by atoms with Crippen molar-refractivity contribution in [2.45, 2.75) is 12.5 Å². The highest BCUT2D eigenvalue weighted by molar-refractivity contribution is 7.97. The van der Waals surface area contributed by atoms with Gasteiger partial charge in [0.25, 0.3) is 6.01 Å².